The Morgan fingerprint density at radius 1 is 1.36 bits per heavy atom. The van der Waals surface area contributed by atoms with Crippen molar-refractivity contribution < 1.29 is 23.6 Å². The van der Waals surface area contributed by atoms with Crippen LogP contribution in [0.2, 0.25) is 0 Å². The van der Waals surface area contributed by atoms with Gasteiger partial charge in [0, 0.05) is 18.5 Å². The first-order valence-electron chi connectivity index (χ1n) is 6.74. The lowest BCUT2D eigenvalue weighted by molar-refractivity contribution is -0.385. The number of hydrogen-bond donors (Lipinski definition) is 0. The molecule has 22 heavy (non-hydrogen) atoms. The predicted octanol–water partition coefficient (Wildman–Crippen LogP) is 2.18. The van der Waals surface area contributed by atoms with Crippen molar-refractivity contribution in [2.45, 2.75) is 25.6 Å². The molecule has 0 aromatic heterocycles. The smallest absolute Gasteiger partial charge is 0.286 e. The minimum atomic E-state index is -1.11. The molecule has 8 heteroatoms. The summed E-state index contributed by atoms with van der Waals surface area (Å²) in [5.74, 6) is -0.219. The lowest BCUT2D eigenvalue weighted by Crippen LogP contribution is -2.34. The quantitative estimate of drug-likeness (QED) is 0.628. The molecule has 1 aliphatic heterocycles. The number of alkyl halides is 1. The molecule has 1 fully saturated rings. The fraction of sp³-hybridized carbons (Fsp3) is 0.500. The Morgan fingerprint density at radius 3 is 2.41 bits per heavy atom. The van der Waals surface area contributed by atoms with Crippen LogP contribution in [-0.2, 0) is 0 Å². The highest BCUT2D eigenvalue weighted by atomic mass is 19.1. The molecule has 0 radical (unpaired) electrons. The van der Waals surface area contributed by atoms with Crippen molar-refractivity contribution in [1.29, 1.82) is 0 Å². The van der Waals surface area contributed by atoms with Crippen LogP contribution < -0.4 is 9.47 Å². The molecule has 120 valence electrons. The van der Waals surface area contributed by atoms with Gasteiger partial charge in [-0.15, -0.1) is 0 Å². The molecular formula is C14H17FN2O5. The Hall–Kier alpha value is -2.38. The van der Waals surface area contributed by atoms with Gasteiger partial charge < -0.3 is 14.4 Å². The van der Waals surface area contributed by atoms with Crippen LogP contribution >= 0.6 is 0 Å². The fourth-order valence-corrected chi connectivity index (χ4v) is 2.59. The van der Waals surface area contributed by atoms with Crippen LogP contribution in [0.4, 0.5) is 10.1 Å². The highest BCUT2D eigenvalue weighted by Gasteiger charge is 2.36. The first kappa shape index (κ1) is 16.0. The monoisotopic (exact) mass is 312 g/mol. The van der Waals surface area contributed by atoms with Gasteiger partial charge in [0.1, 0.15) is 11.7 Å². The summed E-state index contributed by atoms with van der Waals surface area (Å²) in [5.41, 5.74) is -0.527. The number of ether oxygens (including phenoxy) is 2. The third kappa shape index (κ3) is 2.81. The van der Waals surface area contributed by atoms with E-state index in [0.29, 0.717) is 0 Å². The number of carbonyl (C=O) groups is 1. The molecule has 0 aliphatic carbocycles. The van der Waals surface area contributed by atoms with Gasteiger partial charge in [0.15, 0.2) is 11.5 Å². The normalized spacial score (nSPS) is 20.8. The van der Waals surface area contributed by atoms with E-state index in [1.807, 2.05) is 0 Å². The van der Waals surface area contributed by atoms with E-state index in [2.05, 4.69) is 0 Å². The van der Waals surface area contributed by atoms with E-state index >= 15 is 0 Å². The van der Waals surface area contributed by atoms with Crippen LogP contribution in [0.25, 0.3) is 0 Å². The summed E-state index contributed by atoms with van der Waals surface area (Å²) < 4.78 is 23.5. The molecule has 2 atom stereocenters. The van der Waals surface area contributed by atoms with Crippen LogP contribution in [0.3, 0.4) is 0 Å². The van der Waals surface area contributed by atoms with Crippen LogP contribution in [0.5, 0.6) is 11.5 Å². The molecule has 1 aliphatic rings. The number of nitrogens with zero attached hydrogens (tertiary/aromatic N) is 2. The third-order valence-electron chi connectivity index (χ3n) is 3.71. The largest absolute Gasteiger partial charge is 0.493 e. The summed E-state index contributed by atoms with van der Waals surface area (Å²) in [6.45, 7) is 1.65. The van der Waals surface area contributed by atoms with E-state index < -0.39 is 22.7 Å². The van der Waals surface area contributed by atoms with Crippen molar-refractivity contribution in [2.24, 2.45) is 0 Å². The first-order valence-corrected chi connectivity index (χ1v) is 6.74. The lowest BCUT2D eigenvalue weighted by atomic mass is 10.1. The number of benzene rings is 1. The van der Waals surface area contributed by atoms with Crippen LogP contribution in [0.15, 0.2) is 12.1 Å². The van der Waals surface area contributed by atoms with E-state index in [1.54, 1.807) is 6.92 Å². The Labute approximate surface area is 126 Å². The van der Waals surface area contributed by atoms with Crippen molar-refractivity contribution in [3.8, 4) is 11.5 Å². The molecule has 1 saturated heterocycles. The minimum absolute atomic E-state index is 0.0640. The molecule has 0 saturated carbocycles. The molecule has 0 spiro atoms. The molecule has 0 unspecified atom stereocenters. The fourth-order valence-electron chi connectivity index (χ4n) is 2.59. The summed E-state index contributed by atoms with van der Waals surface area (Å²) in [7, 11) is 2.72. The van der Waals surface area contributed by atoms with Gasteiger partial charge in [0.05, 0.1) is 31.8 Å². The maximum absolute atomic E-state index is 13.5. The highest BCUT2D eigenvalue weighted by Crippen LogP contribution is 2.36. The molecule has 7 nitrogen and oxygen atoms in total. The Morgan fingerprint density at radius 2 is 1.95 bits per heavy atom. The van der Waals surface area contributed by atoms with Crippen molar-refractivity contribution in [2.75, 3.05) is 20.8 Å². The summed E-state index contributed by atoms with van der Waals surface area (Å²) >= 11 is 0. The molecule has 1 amide bonds. The number of methoxy groups -OCH3 is 2. The molecule has 1 aromatic rings. The zero-order valence-corrected chi connectivity index (χ0v) is 12.5. The van der Waals surface area contributed by atoms with E-state index in [9.17, 15) is 19.3 Å². The van der Waals surface area contributed by atoms with Crippen LogP contribution in [-0.4, -0.2) is 48.7 Å². The van der Waals surface area contributed by atoms with Gasteiger partial charge in [-0.2, -0.15) is 0 Å². The Bertz CT molecular complexity index is 607. The molecule has 0 N–H and O–H groups in total. The average Bonchev–Trinajstić information content (AvgIpc) is 2.83. The zero-order chi connectivity index (χ0) is 16.4. The summed E-state index contributed by atoms with van der Waals surface area (Å²) in [6.07, 6.45) is -0.884. The van der Waals surface area contributed by atoms with Crippen LogP contribution in [0, 0.1) is 10.1 Å². The molecule has 0 bridgehead atoms. The van der Waals surface area contributed by atoms with Gasteiger partial charge in [0.2, 0.25) is 0 Å². The molecule has 2 rings (SSSR count). The summed E-state index contributed by atoms with van der Waals surface area (Å²) in [5, 5.41) is 11.2. The number of carbonyl (C=O) groups excluding carboxylic acids is 1. The number of halogens is 1. The highest BCUT2D eigenvalue weighted by molar-refractivity contribution is 5.99. The minimum Gasteiger partial charge on any atom is -0.493 e. The van der Waals surface area contributed by atoms with Gasteiger partial charge in [-0.05, 0) is 6.92 Å². The number of hydrogen-bond acceptors (Lipinski definition) is 5. The Kier molecular flexibility index (Phi) is 4.48. The number of rotatable bonds is 4. The van der Waals surface area contributed by atoms with Crippen molar-refractivity contribution in [3.05, 3.63) is 27.8 Å². The van der Waals surface area contributed by atoms with Gasteiger partial charge in [-0.3, -0.25) is 14.9 Å². The maximum Gasteiger partial charge on any atom is 0.286 e. The first-order chi connectivity index (χ1) is 10.4. The predicted molar refractivity (Wildman–Crippen MR) is 76.2 cm³/mol. The van der Waals surface area contributed by atoms with Gasteiger partial charge in [-0.1, -0.05) is 0 Å². The van der Waals surface area contributed by atoms with E-state index in [-0.39, 0.29) is 36.1 Å². The van der Waals surface area contributed by atoms with E-state index in [4.69, 9.17) is 9.47 Å². The number of nitro groups is 1. The molecular weight excluding hydrogens is 295 g/mol. The third-order valence-corrected chi connectivity index (χ3v) is 3.71. The SMILES string of the molecule is COc1cc(C(=O)N2C[C@@H](F)C[C@H]2C)c([N+](=O)[O-])cc1OC. The second-order valence-electron chi connectivity index (χ2n) is 5.12. The Balaban J connectivity index is 2.48. The van der Waals surface area contributed by atoms with E-state index in [1.165, 1.54) is 25.2 Å². The summed E-state index contributed by atoms with van der Waals surface area (Å²) in [4.78, 5) is 24.4. The zero-order valence-electron chi connectivity index (χ0n) is 12.5. The van der Waals surface area contributed by atoms with Gasteiger partial charge in [-0.25, -0.2) is 4.39 Å². The second kappa shape index (κ2) is 6.17. The number of likely N-dealkylation sites (tertiary alicyclic amines) is 1. The standard InChI is InChI=1S/C14H17FN2O5/c1-8-4-9(15)7-16(8)14(18)10-5-12(21-2)13(22-3)6-11(10)17(19)20/h5-6,8-9H,4,7H2,1-3H3/t8-,9+/m1/s1. The number of nitro benzene ring substituents is 1. The van der Waals surface area contributed by atoms with Gasteiger partial charge >= 0.3 is 0 Å². The lowest BCUT2D eigenvalue weighted by Gasteiger charge is -2.21. The van der Waals surface area contributed by atoms with E-state index in [0.717, 1.165) is 6.07 Å². The maximum atomic E-state index is 13.5. The van der Waals surface area contributed by atoms with Crippen molar-refractivity contribution in [1.82, 2.24) is 4.90 Å². The van der Waals surface area contributed by atoms with Crippen molar-refractivity contribution in [3.63, 3.8) is 0 Å². The average molecular weight is 312 g/mol. The van der Waals surface area contributed by atoms with Crippen LogP contribution in [0.1, 0.15) is 23.7 Å². The topological polar surface area (TPSA) is 81.9 Å². The summed E-state index contributed by atoms with van der Waals surface area (Å²) in [6, 6.07) is 2.09. The number of amides is 1. The molecule has 1 heterocycles. The van der Waals surface area contributed by atoms with Crippen molar-refractivity contribution >= 4 is 11.6 Å². The van der Waals surface area contributed by atoms with Gasteiger partial charge in [0.25, 0.3) is 11.6 Å². The second-order valence-corrected chi connectivity index (χ2v) is 5.12. The molecule has 1 aromatic carbocycles.